The Morgan fingerprint density at radius 1 is 1.03 bits per heavy atom. The predicted octanol–water partition coefficient (Wildman–Crippen LogP) is 3.76. The smallest absolute Gasteiger partial charge is 0.156 e. The van der Waals surface area contributed by atoms with E-state index in [1.807, 2.05) is 43.3 Å². The number of hydrogen-bond donors (Lipinski definition) is 1. The van der Waals surface area contributed by atoms with Crippen LogP contribution < -0.4 is 10.1 Å². The minimum absolute atomic E-state index is 0. The lowest BCUT2D eigenvalue weighted by molar-refractivity contribution is 0.407. The first-order chi connectivity index (χ1) is 14.7. The average Bonchev–Trinajstić information content (AvgIpc) is 3.23. The van der Waals surface area contributed by atoms with Gasteiger partial charge in [-0.25, -0.2) is 19.9 Å². The van der Waals surface area contributed by atoms with E-state index in [1.165, 1.54) is 6.33 Å². The van der Waals surface area contributed by atoms with Crippen molar-refractivity contribution in [3.05, 3.63) is 72.7 Å². The van der Waals surface area contributed by atoms with Crippen molar-refractivity contribution in [2.24, 2.45) is 0 Å². The molecule has 3 heterocycles. The largest absolute Gasteiger partial charge is 0.496 e. The van der Waals surface area contributed by atoms with E-state index in [2.05, 4.69) is 43.3 Å². The van der Waals surface area contributed by atoms with Gasteiger partial charge in [0.25, 0.3) is 0 Å². The zero-order chi connectivity index (χ0) is 20.9. The van der Waals surface area contributed by atoms with Gasteiger partial charge in [-0.2, -0.15) is 23.3 Å². The molecule has 0 aliphatic rings. The first-order valence-corrected chi connectivity index (χ1v) is 9.68. The van der Waals surface area contributed by atoms with Gasteiger partial charge >= 0.3 is 0 Å². The van der Waals surface area contributed by atoms with Crippen LogP contribution in [0.15, 0.2) is 61.3 Å². The van der Waals surface area contributed by atoms with Gasteiger partial charge in [-0.05, 0) is 30.7 Å². The Bertz CT molecular complexity index is 1150. The van der Waals surface area contributed by atoms with Gasteiger partial charge in [0, 0.05) is 30.3 Å². The van der Waals surface area contributed by atoms with Crippen LogP contribution >= 0.6 is 13.5 Å². The lowest BCUT2D eigenvalue weighted by atomic mass is 10.00. The highest BCUT2D eigenvalue weighted by molar-refractivity contribution is 7.59. The van der Waals surface area contributed by atoms with E-state index in [0.29, 0.717) is 5.82 Å². The van der Waals surface area contributed by atoms with E-state index in [9.17, 15) is 0 Å². The van der Waals surface area contributed by atoms with Gasteiger partial charge in [0.1, 0.15) is 30.0 Å². The van der Waals surface area contributed by atoms with Gasteiger partial charge in [-0.3, -0.25) is 0 Å². The zero-order valence-electron chi connectivity index (χ0n) is 17.6. The van der Waals surface area contributed by atoms with Crippen molar-refractivity contribution in [3.63, 3.8) is 0 Å². The van der Waals surface area contributed by atoms with E-state index in [1.54, 1.807) is 24.3 Å². The fourth-order valence-electron chi connectivity index (χ4n) is 3.27. The molecule has 0 bridgehead atoms. The molecular weight excluding hydrogens is 410 g/mol. The molecular formula is C22H25N7OS. The van der Waals surface area contributed by atoms with Crippen LogP contribution in [0.25, 0.3) is 17.1 Å². The highest BCUT2D eigenvalue weighted by Gasteiger charge is 2.12. The van der Waals surface area contributed by atoms with Gasteiger partial charge in [0.2, 0.25) is 0 Å². The molecule has 0 saturated carbocycles. The maximum absolute atomic E-state index is 5.47. The van der Waals surface area contributed by atoms with Crippen LogP contribution in [0, 0.1) is 6.92 Å². The molecule has 8 nitrogen and oxygen atoms in total. The molecule has 4 aromatic rings. The Balaban J connectivity index is 0.00000272. The molecule has 31 heavy (non-hydrogen) atoms. The van der Waals surface area contributed by atoms with Crippen molar-refractivity contribution in [2.45, 2.75) is 19.8 Å². The number of hydrogen-bond acceptors (Lipinski definition) is 7. The number of nitrogens with one attached hydrogen (secondary N) is 1. The molecule has 0 aliphatic carbocycles. The summed E-state index contributed by atoms with van der Waals surface area (Å²) in [5, 5.41) is 7.62. The lowest BCUT2D eigenvalue weighted by Gasteiger charge is -2.16. The molecule has 0 aliphatic heterocycles. The molecule has 160 valence electrons. The van der Waals surface area contributed by atoms with Crippen LogP contribution in [-0.2, 0) is 0 Å². The number of methoxy groups -OCH3 is 1. The van der Waals surface area contributed by atoms with Crippen LogP contribution in [0.2, 0.25) is 0 Å². The lowest BCUT2D eigenvalue weighted by Crippen LogP contribution is -2.12. The van der Waals surface area contributed by atoms with Crippen LogP contribution in [0.4, 0.5) is 5.82 Å². The predicted molar refractivity (Wildman–Crippen MR) is 125 cm³/mol. The van der Waals surface area contributed by atoms with Crippen LogP contribution in [0.3, 0.4) is 0 Å². The summed E-state index contributed by atoms with van der Waals surface area (Å²) in [5.41, 5.74) is 2.89. The average molecular weight is 436 g/mol. The molecule has 0 amide bonds. The minimum Gasteiger partial charge on any atom is -0.496 e. The number of nitrogens with zero attached hydrogens (tertiary/aromatic N) is 6. The van der Waals surface area contributed by atoms with Crippen molar-refractivity contribution < 1.29 is 4.74 Å². The second-order valence-corrected chi connectivity index (χ2v) is 6.93. The Morgan fingerprint density at radius 3 is 2.65 bits per heavy atom. The molecule has 1 N–H and O–H groups in total. The molecule has 1 aromatic carbocycles. The zero-order valence-corrected chi connectivity index (χ0v) is 18.6. The van der Waals surface area contributed by atoms with Gasteiger partial charge in [-0.1, -0.05) is 25.1 Å². The summed E-state index contributed by atoms with van der Waals surface area (Å²) < 4.78 is 7.17. The highest BCUT2D eigenvalue weighted by Crippen LogP contribution is 2.27. The summed E-state index contributed by atoms with van der Waals surface area (Å²) in [5.74, 6) is 3.37. The van der Waals surface area contributed by atoms with Crippen LogP contribution in [-0.4, -0.2) is 43.4 Å². The van der Waals surface area contributed by atoms with Gasteiger partial charge in [-0.15, -0.1) is 0 Å². The standard InChI is InChI=1S/C22H23N7O.H2S/c1-15(18-6-4-5-7-20(18)30-3)12-24-21-11-19(26-13-27-21)17-8-9-23-22(10-17)29-16(2)25-14-28-29;/h4-11,13-15H,12H2,1-3H3,(H,24,26,27);1H2/t15-;/m1./s1. The Morgan fingerprint density at radius 2 is 1.87 bits per heavy atom. The fourth-order valence-corrected chi connectivity index (χ4v) is 3.27. The molecule has 0 unspecified atom stereocenters. The van der Waals surface area contributed by atoms with Crippen molar-refractivity contribution in [1.29, 1.82) is 0 Å². The Labute approximate surface area is 188 Å². The fraction of sp³-hybridized carbons (Fsp3) is 0.227. The third kappa shape index (κ3) is 5.00. The van der Waals surface area contributed by atoms with Gasteiger partial charge < -0.3 is 10.1 Å². The number of ether oxygens (including phenoxy) is 1. The van der Waals surface area contributed by atoms with Crippen molar-refractivity contribution in [2.75, 3.05) is 19.0 Å². The quantitative estimate of drug-likeness (QED) is 0.472. The summed E-state index contributed by atoms with van der Waals surface area (Å²) in [6.45, 7) is 4.76. The molecule has 0 fully saturated rings. The second-order valence-electron chi connectivity index (χ2n) is 6.93. The van der Waals surface area contributed by atoms with Crippen LogP contribution in [0.1, 0.15) is 24.2 Å². The van der Waals surface area contributed by atoms with E-state index in [0.717, 1.165) is 40.8 Å². The maximum Gasteiger partial charge on any atom is 0.156 e. The van der Waals surface area contributed by atoms with Crippen LogP contribution in [0.5, 0.6) is 5.75 Å². The van der Waals surface area contributed by atoms with Crippen molar-refractivity contribution in [3.8, 4) is 22.8 Å². The number of para-hydroxylation sites is 1. The summed E-state index contributed by atoms with van der Waals surface area (Å²) in [4.78, 5) is 17.3. The van der Waals surface area contributed by atoms with E-state index < -0.39 is 0 Å². The van der Waals surface area contributed by atoms with Crippen molar-refractivity contribution in [1.82, 2.24) is 29.7 Å². The Hall–Kier alpha value is -3.46. The third-order valence-corrected chi connectivity index (χ3v) is 4.90. The molecule has 1 atom stereocenters. The number of rotatable bonds is 7. The van der Waals surface area contributed by atoms with Gasteiger partial charge in [0.15, 0.2) is 5.82 Å². The SMILES string of the molecule is COc1ccccc1[C@H](C)CNc1cc(-c2ccnc(-n3ncnc3C)c2)ncn1.S. The first-order valence-electron chi connectivity index (χ1n) is 9.68. The monoisotopic (exact) mass is 435 g/mol. The van der Waals surface area contributed by atoms with E-state index in [-0.39, 0.29) is 19.4 Å². The topological polar surface area (TPSA) is 90.6 Å². The summed E-state index contributed by atoms with van der Waals surface area (Å²) in [6.07, 6.45) is 4.82. The van der Waals surface area contributed by atoms with Gasteiger partial charge in [0.05, 0.1) is 12.8 Å². The number of aromatic nitrogens is 6. The number of benzene rings is 1. The normalized spacial score (nSPS) is 11.5. The van der Waals surface area contributed by atoms with E-state index >= 15 is 0 Å². The first kappa shape index (κ1) is 22.2. The maximum atomic E-state index is 5.47. The van der Waals surface area contributed by atoms with E-state index in [4.69, 9.17) is 4.74 Å². The highest BCUT2D eigenvalue weighted by atomic mass is 32.1. The molecule has 4 rings (SSSR count). The molecule has 3 aromatic heterocycles. The number of anilines is 1. The Kier molecular flexibility index (Phi) is 7.19. The molecule has 0 saturated heterocycles. The summed E-state index contributed by atoms with van der Waals surface area (Å²) in [6, 6.07) is 13.8. The molecule has 0 radical (unpaired) electrons. The number of aryl methyl sites for hydroxylation is 1. The summed E-state index contributed by atoms with van der Waals surface area (Å²) in [7, 11) is 1.69. The number of pyridine rings is 1. The molecule has 0 spiro atoms. The third-order valence-electron chi connectivity index (χ3n) is 4.90. The molecule has 9 heteroatoms. The summed E-state index contributed by atoms with van der Waals surface area (Å²) >= 11 is 0. The minimum atomic E-state index is 0. The second kappa shape index (κ2) is 10.0. The van der Waals surface area contributed by atoms with Crippen molar-refractivity contribution >= 4 is 19.3 Å².